The van der Waals surface area contributed by atoms with Gasteiger partial charge in [0.25, 0.3) is 0 Å². The fourth-order valence-electron chi connectivity index (χ4n) is 1.76. The number of rotatable bonds is 4. The quantitative estimate of drug-likeness (QED) is 0.755. The molecule has 23 heavy (non-hydrogen) atoms. The molecule has 0 unspecified atom stereocenters. The summed E-state index contributed by atoms with van der Waals surface area (Å²) in [6, 6.07) is 13.2. The summed E-state index contributed by atoms with van der Waals surface area (Å²) in [4.78, 5) is 20.9. The number of benzene rings is 2. The molecule has 0 spiro atoms. The molecule has 0 aromatic heterocycles. The van der Waals surface area contributed by atoms with E-state index in [1.54, 1.807) is 50.5 Å². The SMILES string of the molecule is CNc1ccccc1C(=O)[O-].CNc1ccccc1C(=O)[O-].[Ni+2]. The van der Waals surface area contributed by atoms with Gasteiger partial charge in [-0.05, 0) is 12.1 Å². The first-order chi connectivity index (χ1) is 10.5. The van der Waals surface area contributed by atoms with Crippen molar-refractivity contribution in [3.05, 3.63) is 59.7 Å². The molecule has 0 atom stereocenters. The molecule has 2 rings (SSSR count). The van der Waals surface area contributed by atoms with Gasteiger partial charge in [0.2, 0.25) is 0 Å². The molecule has 0 amide bonds. The van der Waals surface area contributed by atoms with Gasteiger partial charge in [0.15, 0.2) is 0 Å². The molecular formula is C16H16N2NiO4. The smallest absolute Gasteiger partial charge is 0.545 e. The van der Waals surface area contributed by atoms with Crippen LogP contribution in [0.15, 0.2) is 48.5 Å². The van der Waals surface area contributed by atoms with Crippen LogP contribution < -0.4 is 20.8 Å². The Hall–Kier alpha value is -2.53. The van der Waals surface area contributed by atoms with Crippen LogP contribution in [-0.4, -0.2) is 26.0 Å². The minimum Gasteiger partial charge on any atom is -0.545 e. The van der Waals surface area contributed by atoms with Crippen LogP contribution in [0.3, 0.4) is 0 Å². The van der Waals surface area contributed by atoms with Gasteiger partial charge < -0.3 is 30.4 Å². The molecule has 2 aromatic carbocycles. The minimum absolute atomic E-state index is 0. The summed E-state index contributed by atoms with van der Waals surface area (Å²) >= 11 is 0. The second-order valence-corrected chi connectivity index (χ2v) is 4.17. The van der Waals surface area contributed by atoms with Crippen molar-refractivity contribution in [1.82, 2.24) is 0 Å². The van der Waals surface area contributed by atoms with Gasteiger partial charge in [-0.2, -0.15) is 0 Å². The van der Waals surface area contributed by atoms with Gasteiger partial charge in [-0.15, -0.1) is 0 Å². The van der Waals surface area contributed by atoms with E-state index in [-0.39, 0.29) is 27.6 Å². The second kappa shape index (κ2) is 10.2. The van der Waals surface area contributed by atoms with Crippen LogP contribution in [-0.2, 0) is 16.5 Å². The minimum atomic E-state index is -1.16. The van der Waals surface area contributed by atoms with E-state index >= 15 is 0 Å². The topological polar surface area (TPSA) is 104 Å². The number of carboxylic acid groups (broad SMARTS) is 2. The molecule has 0 aliphatic heterocycles. The molecular weight excluding hydrogens is 343 g/mol. The third-order valence-electron chi connectivity index (χ3n) is 2.83. The molecule has 2 aromatic rings. The zero-order chi connectivity index (χ0) is 16.5. The van der Waals surface area contributed by atoms with E-state index in [0.717, 1.165) is 0 Å². The Morgan fingerprint density at radius 2 is 1.04 bits per heavy atom. The van der Waals surface area contributed by atoms with Crippen LogP contribution in [0.25, 0.3) is 0 Å². The van der Waals surface area contributed by atoms with Crippen LogP contribution in [0.4, 0.5) is 11.4 Å². The molecule has 0 aliphatic rings. The largest absolute Gasteiger partial charge is 2.00 e. The first kappa shape index (κ1) is 20.5. The number of nitrogens with one attached hydrogen (secondary N) is 2. The van der Waals surface area contributed by atoms with Gasteiger partial charge in [0, 0.05) is 36.6 Å². The molecule has 0 saturated heterocycles. The maximum absolute atomic E-state index is 10.4. The van der Waals surface area contributed by atoms with Crippen LogP contribution in [0.2, 0.25) is 0 Å². The predicted molar refractivity (Wildman–Crippen MR) is 80.6 cm³/mol. The van der Waals surface area contributed by atoms with Crippen LogP contribution >= 0.6 is 0 Å². The average molecular weight is 359 g/mol. The Labute approximate surface area is 144 Å². The van der Waals surface area contributed by atoms with Crippen LogP contribution in [0, 0.1) is 0 Å². The summed E-state index contributed by atoms with van der Waals surface area (Å²) in [6.45, 7) is 0. The standard InChI is InChI=1S/2C8H9NO2.Ni/c2*1-9-7-5-3-2-4-6(7)8(10)11;/h2*2-5,9H,1H3,(H,10,11);/q;;+2/p-2. The van der Waals surface area contributed by atoms with Crippen molar-refractivity contribution in [2.45, 2.75) is 0 Å². The normalized spacial score (nSPS) is 8.78. The maximum atomic E-state index is 10.4. The number of carbonyl (C=O) groups is 2. The summed E-state index contributed by atoms with van der Waals surface area (Å²) in [5.74, 6) is -2.31. The van der Waals surface area contributed by atoms with Gasteiger partial charge in [0.05, 0.1) is 11.9 Å². The molecule has 6 nitrogen and oxygen atoms in total. The van der Waals surface area contributed by atoms with E-state index < -0.39 is 11.9 Å². The van der Waals surface area contributed by atoms with Crippen LogP contribution in [0.5, 0.6) is 0 Å². The van der Waals surface area contributed by atoms with Crippen molar-refractivity contribution in [3.63, 3.8) is 0 Å². The Morgan fingerprint density at radius 3 is 1.26 bits per heavy atom. The predicted octanol–water partition coefficient (Wildman–Crippen LogP) is 0.181. The van der Waals surface area contributed by atoms with Gasteiger partial charge in [-0.25, -0.2) is 0 Å². The molecule has 0 heterocycles. The zero-order valence-electron chi connectivity index (χ0n) is 12.6. The first-order valence-corrected chi connectivity index (χ1v) is 6.47. The molecule has 7 heteroatoms. The van der Waals surface area contributed by atoms with E-state index in [0.29, 0.717) is 11.4 Å². The number of aromatic carboxylic acids is 2. The molecule has 0 aliphatic carbocycles. The Bertz CT molecular complexity index is 605. The van der Waals surface area contributed by atoms with E-state index in [1.807, 2.05) is 0 Å². The van der Waals surface area contributed by atoms with E-state index in [4.69, 9.17) is 0 Å². The van der Waals surface area contributed by atoms with Crippen molar-refractivity contribution in [2.24, 2.45) is 0 Å². The van der Waals surface area contributed by atoms with Crippen molar-refractivity contribution in [1.29, 1.82) is 0 Å². The van der Waals surface area contributed by atoms with Gasteiger partial charge in [-0.3, -0.25) is 0 Å². The average Bonchev–Trinajstić information content (AvgIpc) is 2.55. The van der Waals surface area contributed by atoms with Crippen molar-refractivity contribution in [3.8, 4) is 0 Å². The fraction of sp³-hybridized carbons (Fsp3) is 0.125. The molecule has 0 bridgehead atoms. The molecule has 0 fully saturated rings. The van der Waals surface area contributed by atoms with Gasteiger partial charge >= 0.3 is 16.5 Å². The third kappa shape index (κ3) is 6.00. The second-order valence-electron chi connectivity index (χ2n) is 4.17. The Morgan fingerprint density at radius 1 is 0.739 bits per heavy atom. The molecule has 0 radical (unpaired) electrons. The third-order valence-corrected chi connectivity index (χ3v) is 2.83. The number of hydrogen-bond donors (Lipinski definition) is 2. The molecule has 2 N–H and O–H groups in total. The van der Waals surface area contributed by atoms with Crippen molar-refractivity contribution in [2.75, 3.05) is 24.7 Å². The summed E-state index contributed by atoms with van der Waals surface area (Å²) in [5, 5.41) is 26.4. The van der Waals surface area contributed by atoms with E-state index in [1.165, 1.54) is 12.1 Å². The molecule has 0 saturated carbocycles. The summed E-state index contributed by atoms with van der Waals surface area (Å²) in [6.07, 6.45) is 0. The number of para-hydroxylation sites is 2. The summed E-state index contributed by atoms with van der Waals surface area (Å²) < 4.78 is 0. The molecule has 124 valence electrons. The number of hydrogen-bond acceptors (Lipinski definition) is 6. The fourth-order valence-corrected chi connectivity index (χ4v) is 1.76. The number of carboxylic acids is 2. The van der Waals surface area contributed by atoms with Gasteiger partial charge in [-0.1, -0.05) is 36.4 Å². The number of carbonyl (C=O) groups excluding carboxylic acids is 2. The monoisotopic (exact) mass is 358 g/mol. The van der Waals surface area contributed by atoms with Crippen LogP contribution in [0.1, 0.15) is 20.7 Å². The Kier molecular flexibility index (Phi) is 9.12. The summed E-state index contributed by atoms with van der Waals surface area (Å²) in [7, 11) is 3.34. The van der Waals surface area contributed by atoms with Gasteiger partial charge in [0.1, 0.15) is 0 Å². The Balaban J connectivity index is 0.000000403. The number of anilines is 2. The summed E-state index contributed by atoms with van der Waals surface area (Å²) in [5.41, 5.74) is 1.53. The van der Waals surface area contributed by atoms with Crippen molar-refractivity contribution >= 4 is 23.3 Å². The van der Waals surface area contributed by atoms with Crippen molar-refractivity contribution < 1.29 is 36.3 Å². The maximum Gasteiger partial charge on any atom is 2.00 e. The van der Waals surface area contributed by atoms with E-state index in [2.05, 4.69) is 10.6 Å². The zero-order valence-corrected chi connectivity index (χ0v) is 13.6. The van der Waals surface area contributed by atoms with E-state index in [9.17, 15) is 19.8 Å². The first-order valence-electron chi connectivity index (χ1n) is 6.47.